The van der Waals surface area contributed by atoms with Crippen LogP contribution in [-0.2, 0) is 4.74 Å². The second-order valence-electron chi connectivity index (χ2n) is 5.25. The molecule has 0 fully saturated rings. The average molecular weight is 279 g/mol. The molecule has 1 aromatic rings. The SMILES string of the molecule is Cc1cc(NN)ccc1C(=O)NCCCOCC(C)C. The van der Waals surface area contributed by atoms with Crippen LogP contribution in [0.25, 0.3) is 0 Å². The van der Waals surface area contributed by atoms with E-state index in [0.717, 1.165) is 24.3 Å². The Bertz CT molecular complexity index is 433. The van der Waals surface area contributed by atoms with Crippen molar-refractivity contribution in [2.24, 2.45) is 11.8 Å². The van der Waals surface area contributed by atoms with Crippen LogP contribution in [0, 0.1) is 12.8 Å². The van der Waals surface area contributed by atoms with E-state index in [1.807, 2.05) is 13.0 Å². The van der Waals surface area contributed by atoms with Gasteiger partial charge < -0.3 is 15.5 Å². The zero-order chi connectivity index (χ0) is 15.0. The minimum Gasteiger partial charge on any atom is -0.381 e. The Labute approximate surface area is 120 Å². The van der Waals surface area contributed by atoms with Crippen LogP contribution in [0.1, 0.15) is 36.2 Å². The molecule has 0 bridgehead atoms. The number of amides is 1. The van der Waals surface area contributed by atoms with E-state index < -0.39 is 0 Å². The molecule has 0 spiro atoms. The molecule has 0 radical (unpaired) electrons. The lowest BCUT2D eigenvalue weighted by atomic mass is 10.1. The largest absolute Gasteiger partial charge is 0.381 e. The van der Waals surface area contributed by atoms with Crippen LogP contribution in [0.3, 0.4) is 0 Å². The Hall–Kier alpha value is -1.59. The number of hydrogen-bond acceptors (Lipinski definition) is 4. The lowest BCUT2D eigenvalue weighted by Crippen LogP contribution is -2.26. The molecule has 0 saturated heterocycles. The molecule has 0 heterocycles. The van der Waals surface area contributed by atoms with E-state index in [-0.39, 0.29) is 5.91 Å². The first-order chi connectivity index (χ1) is 9.54. The highest BCUT2D eigenvalue weighted by Gasteiger charge is 2.08. The maximum atomic E-state index is 12.0. The van der Waals surface area contributed by atoms with Gasteiger partial charge in [-0.3, -0.25) is 10.6 Å². The molecule has 5 nitrogen and oxygen atoms in total. The third-order valence-electron chi connectivity index (χ3n) is 2.84. The molecule has 1 aromatic carbocycles. The minimum atomic E-state index is -0.0602. The number of benzene rings is 1. The van der Waals surface area contributed by atoms with Crippen molar-refractivity contribution in [3.05, 3.63) is 29.3 Å². The van der Waals surface area contributed by atoms with Crippen molar-refractivity contribution < 1.29 is 9.53 Å². The second-order valence-corrected chi connectivity index (χ2v) is 5.25. The first-order valence-corrected chi connectivity index (χ1v) is 6.97. The highest BCUT2D eigenvalue weighted by Crippen LogP contribution is 2.14. The molecule has 0 aliphatic heterocycles. The lowest BCUT2D eigenvalue weighted by molar-refractivity contribution is 0.0924. The summed E-state index contributed by atoms with van der Waals surface area (Å²) in [5, 5.41) is 2.89. The van der Waals surface area contributed by atoms with E-state index in [1.165, 1.54) is 0 Å². The van der Waals surface area contributed by atoms with E-state index in [1.54, 1.807) is 12.1 Å². The summed E-state index contributed by atoms with van der Waals surface area (Å²) in [6.07, 6.45) is 0.819. The predicted molar refractivity (Wildman–Crippen MR) is 81.6 cm³/mol. The van der Waals surface area contributed by atoms with Gasteiger partial charge in [0.2, 0.25) is 0 Å². The van der Waals surface area contributed by atoms with E-state index in [2.05, 4.69) is 24.6 Å². The molecule has 0 aliphatic carbocycles. The van der Waals surface area contributed by atoms with Gasteiger partial charge in [-0.05, 0) is 43.0 Å². The van der Waals surface area contributed by atoms with Crippen LogP contribution in [0.15, 0.2) is 18.2 Å². The molecule has 0 unspecified atom stereocenters. The number of nitrogens with two attached hydrogens (primary N) is 1. The van der Waals surface area contributed by atoms with Gasteiger partial charge in [0.05, 0.1) is 0 Å². The molecular weight excluding hydrogens is 254 g/mol. The molecular formula is C15H25N3O2. The topological polar surface area (TPSA) is 76.4 Å². The van der Waals surface area contributed by atoms with Crippen LogP contribution in [0.4, 0.5) is 5.69 Å². The Kier molecular flexibility index (Phi) is 7.04. The fourth-order valence-corrected chi connectivity index (χ4v) is 1.80. The lowest BCUT2D eigenvalue weighted by Gasteiger charge is -2.10. The molecule has 1 rings (SSSR count). The van der Waals surface area contributed by atoms with Gasteiger partial charge in [-0.15, -0.1) is 0 Å². The van der Waals surface area contributed by atoms with Gasteiger partial charge in [0.1, 0.15) is 0 Å². The number of hydrazine groups is 1. The summed E-state index contributed by atoms with van der Waals surface area (Å²) in [4.78, 5) is 12.0. The summed E-state index contributed by atoms with van der Waals surface area (Å²) in [6, 6.07) is 5.41. The Morgan fingerprint density at radius 1 is 1.40 bits per heavy atom. The minimum absolute atomic E-state index is 0.0602. The zero-order valence-corrected chi connectivity index (χ0v) is 12.5. The third kappa shape index (κ3) is 5.59. The summed E-state index contributed by atoms with van der Waals surface area (Å²) < 4.78 is 5.46. The normalized spacial score (nSPS) is 10.7. The summed E-state index contributed by atoms with van der Waals surface area (Å²) >= 11 is 0. The summed E-state index contributed by atoms with van der Waals surface area (Å²) in [6.45, 7) is 8.18. The first kappa shape index (κ1) is 16.5. The Morgan fingerprint density at radius 2 is 2.15 bits per heavy atom. The fraction of sp³-hybridized carbons (Fsp3) is 0.533. The van der Waals surface area contributed by atoms with Gasteiger partial charge in [0.15, 0.2) is 0 Å². The van der Waals surface area contributed by atoms with Gasteiger partial charge in [-0.2, -0.15) is 0 Å². The van der Waals surface area contributed by atoms with Crippen LogP contribution >= 0.6 is 0 Å². The van der Waals surface area contributed by atoms with E-state index in [9.17, 15) is 4.79 Å². The van der Waals surface area contributed by atoms with E-state index >= 15 is 0 Å². The van der Waals surface area contributed by atoms with Gasteiger partial charge in [-0.1, -0.05) is 13.8 Å². The number of nitrogen functional groups attached to an aromatic ring is 1. The van der Waals surface area contributed by atoms with Gasteiger partial charge in [-0.25, -0.2) is 0 Å². The van der Waals surface area contributed by atoms with Crippen LogP contribution in [0.5, 0.6) is 0 Å². The molecule has 0 aromatic heterocycles. The first-order valence-electron chi connectivity index (χ1n) is 6.97. The predicted octanol–water partition coefficient (Wildman–Crippen LogP) is 2.07. The maximum absolute atomic E-state index is 12.0. The van der Waals surface area contributed by atoms with Crippen molar-refractivity contribution in [2.75, 3.05) is 25.2 Å². The summed E-state index contributed by atoms with van der Waals surface area (Å²) in [5.74, 6) is 5.81. The number of rotatable bonds is 8. The summed E-state index contributed by atoms with van der Waals surface area (Å²) in [5.41, 5.74) is 4.92. The van der Waals surface area contributed by atoms with Crippen LogP contribution < -0.4 is 16.6 Å². The fourth-order valence-electron chi connectivity index (χ4n) is 1.80. The quantitative estimate of drug-likeness (QED) is 0.387. The number of carbonyl (C=O) groups is 1. The number of anilines is 1. The maximum Gasteiger partial charge on any atom is 0.251 e. The van der Waals surface area contributed by atoms with Crippen molar-refractivity contribution in [1.29, 1.82) is 0 Å². The number of carbonyl (C=O) groups excluding carboxylic acids is 1. The second kappa shape index (κ2) is 8.55. The smallest absolute Gasteiger partial charge is 0.251 e. The molecule has 112 valence electrons. The van der Waals surface area contributed by atoms with Gasteiger partial charge in [0.25, 0.3) is 5.91 Å². The third-order valence-corrected chi connectivity index (χ3v) is 2.84. The molecule has 0 atom stereocenters. The standard InChI is InChI=1S/C15H25N3O2/c1-11(2)10-20-8-4-7-17-15(19)14-6-5-13(18-16)9-12(14)3/h5-6,9,11,18H,4,7-8,10,16H2,1-3H3,(H,17,19). The molecule has 0 saturated carbocycles. The van der Waals surface area contributed by atoms with Crippen molar-refractivity contribution in [3.8, 4) is 0 Å². The summed E-state index contributed by atoms with van der Waals surface area (Å²) in [7, 11) is 0. The number of nitrogens with one attached hydrogen (secondary N) is 2. The molecule has 5 heteroatoms. The van der Waals surface area contributed by atoms with Crippen molar-refractivity contribution in [3.63, 3.8) is 0 Å². The number of hydrogen-bond donors (Lipinski definition) is 3. The van der Waals surface area contributed by atoms with Crippen molar-refractivity contribution in [1.82, 2.24) is 5.32 Å². The Balaban J connectivity index is 2.32. The van der Waals surface area contributed by atoms with E-state index in [4.69, 9.17) is 10.6 Å². The zero-order valence-electron chi connectivity index (χ0n) is 12.5. The van der Waals surface area contributed by atoms with Crippen LogP contribution in [0.2, 0.25) is 0 Å². The highest BCUT2D eigenvalue weighted by atomic mass is 16.5. The highest BCUT2D eigenvalue weighted by molar-refractivity contribution is 5.96. The van der Waals surface area contributed by atoms with Gasteiger partial charge >= 0.3 is 0 Å². The van der Waals surface area contributed by atoms with Crippen molar-refractivity contribution in [2.45, 2.75) is 27.2 Å². The molecule has 0 aliphatic rings. The molecule has 20 heavy (non-hydrogen) atoms. The average Bonchev–Trinajstić information content (AvgIpc) is 2.41. The Morgan fingerprint density at radius 3 is 2.75 bits per heavy atom. The monoisotopic (exact) mass is 279 g/mol. The molecule has 1 amide bonds. The van der Waals surface area contributed by atoms with E-state index in [0.29, 0.717) is 24.6 Å². The van der Waals surface area contributed by atoms with Crippen molar-refractivity contribution >= 4 is 11.6 Å². The van der Waals surface area contributed by atoms with Crippen LogP contribution in [-0.4, -0.2) is 25.7 Å². The molecule has 4 N–H and O–H groups in total. The van der Waals surface area contributed by atoms with Gasteiger partial charge in [0, 0.05) is 31.0 Å². The number of aryl methyl sites for hydroxylation is 1. The number of ether oxygens (including phenoxy) is 1.